The quantitative estimate of drug-likeness (QED) is 0.581. The summed E-state index contributed by atoms with van der Waals surface area (Å²) in [5.41, 5.74) is 2.68. The average molecular weight is 294 g/mol. The molecule has 0 radical (unpaired) electrons. The largest absolute Gasteiger partial charge is 0.544 e. The summed E-state index contributed by atoms with van der Waals surface area (Å²) >= 11 is 0. The Morgan fingerprint density at radius 2 is 1.86 bits per heavy atom. The van der Waals surface area contributed by atoms with E-state index in [9.17, 15) is 14.7 Å². The van der Waals surface area contributed by atoms with Crippen molar-refractivity contribution in [3.8, 4) is 0 Å². The molecule has 0 aliphatic rings. The number of rotatable bonds is 7. The van der Waals surface area contributed by atoms with Crippen molar-refractivity contribution in [1.29, 1.82) is 0 Å². The lowest BCUT2D eigenvalue weighted by Crippen LogP contribution is -2.94. The minimum Gasteiger partial charge on any atom is -0.544 e. The fourth-order valence-corrected chi connectivity index (χ4v) is 2.08. The number of nitrogens with two attached hydrogens (primary N) is 1. The molecule has 1 aromatic rings. The number of aliphatic hydroxyl groups excluding tert-OH is 1. The maximum absolute atomic E-state index is 11.9. The number of amides is 1. The highest BCUT2D eigenvalue weighted by atomic mass is 16.4. The molecule has 0 heterocycles. The number of nitrogens with one attached hydrogen (secondary N) is 1. The highest BCUT2D eigenvalue weighted by Crippen LogP contribution is 2.13. The summed E-state index contributed by atoms with van der Waals surface area (Å²) in [5, 5.41) is 24.3. The molecule has 0 bridgehead atoms. The summed E-state index contributed by atoms with van der Waals surface area (Å²) in [6.07, 6.45) is -0.850. The monoisotopic (exact) mass is 294 g/mol. The standard InChI is InChI=1S/C15H22N2O4/c1-9-4-10(2)6-12(5-9)17-14(19)7-13(15(20)21)16-8-11(3)18/h4-6,11,13,16,18H,7-8H2,1-3H3,(H,17,19)(H,20,21)/t11-,13+/m1/s1. The predicted molar refractivity (Wildman–Crippen MR) is 76.4 cm³/mol. The van der Waals surface area contributed by atoms with Crippen molar-refractivity contribution in [3.63, 3.8) is 0 Å². The summed E-state index contributed by atoms with van der Waals surface area (Å²) in [6.45, 7) is 5.60. The second-order valence-electron chi connectivity index (χ2n) is 5.37. The molecule has 116 valence electrons. The van der Waals surface area contributed by atoms with Crippen LogP contribution in [0.15, 0.2) is 18.2 Å². The molecule has 0 aliphatic heterocycles. The van der Waals surface area contributed by atoms with Gasteiger partial charge >= 0.3 is 0 Å². The first kappa shape index (κ1) is 17.1. The van der Waals surface area contributed by atoms with Gasteiger partial charge in [0.15, 0.2) is 0 Å². The van der Waals surface area contributed by atoms with Gasteiger partial charge in [0.05, 0.1) is 18.5 Å². The zero-order valence-electron chi connectivity index (χ0n) is 12.6. The number of quaternary nitrogens is 1. The number of carbonyl (C=O) groups is 2. The van der Waals surface area contributed by atoms with E-state index in [1.807, 2.05) is 32.0 Å². The van der Waals surface area contributed by atoms with Crippen LogP contribution in [-0.4, -0.2) is 35.7 Å². The molecule has 21 heavy (non-hydrogen) atoms. The smallest absolute Gasteiger partial charge is 0.230 e. The molecule has 1 aromatic carbocycles. The van der Waals surface area contributed by atoms with Gasteiger partial charge in [-0.05, 0) is 44.0 Å². The number of carboxylic acids is 1. The van der Waals surface area contributed by atoms with Crippen molar-refractivity contribution < 1.29 is 25.1 Å². The van der Waals surface area contributed by atoms with Gasteiger partial charge in [-0.3, -0.25) is 4.79 Å². The van der Waals surface area contributed by atoms with Crippen molar-refractivity contribution in [1.82, 2.24) is 0 Å². The van der Waals surface area contributed by atoms with E-state index in [4.69, 9.17) is 5.11 Å². The third kappa shape index (κ3) is 6.37. The van der Waals surface area contributed by atoms with E-state index >= 15 is 0 Å². The molecular weight excluding hydrogens is 272 g/mol. The van der Waals surface area contributed by atoms with Crippen molar-refractivity contribution in [2.24, 2.45) is 0 Å². The third-order valence-corrected chi connectivity index (χ3v) is 2.98. The summed E-state index contributed by atoms with van der Waals surface area (Å²) in [6, 6.07) is 4.61. The summed E-state index contributed by atoms with van der Waals surface area (Å²) in [7, 11) is 0. The Balaban J connectivity index is 2.63. The Hall–Kier alpha value is -1.92. The first-order chi connectivity index (χ1) is 9.77. The van der Waals surface area contributed by atoms with Crippen molar-refractivity contribution in [2.45, 2.75) is 39.3 Å². The lowest BCUT2D eigenvalue weighted by Gasteiger charge is -2.17. The molecule has 6 nitrogen and oxygen atoms in total. The number of aliphatic hydroxyl groups is 1. The van der Waals surface area contributed by atoms with Crippen LogP contribution < -0.4 is 15.7 Å². The van der Waals surface area contributed by atoms with Crippen LogP contribution in [0.2, 0.25) is 0 Å². The van der Waals surface area contributed by atoms with Gasteiger partial charge in [0.25, 0.3) is 0 Å². The number of carbonyl (C=O) groups excluding carboxylic acids is 2. The molecule has 0 fully saturated rings. The van der Waals surface area contributed by atoms with Crippen molar-refractivity contribution in [2.75, 3.05) is 11.9 Å². The Labute approximate surface area is 124 Å². The van der Waals surface area contributed by atoms with E-state index in [1.54, 1.807) is 6.92 Å². The number of aryl methyl sites for hydroxylation is 2. The normalized spacial score (nSPS) is 13.5. The number of carboxylic acid groups (broad SMARTS) is 1. The van der Waals surface area contributed by atoms with Gasteiger partial charge in [0.2, 0.25) is 5.91 Å². The van der Waals surface area contributed by atoms with Crippen LogP contribution in [0.4, 0.5) is 5.69 Å². The van der Waals surface area contributed by atoms with Gasteiger partial charge in [-0.1, -0.05) is 6.07 Å². The second-order valence-corrected chi connectivity index (χ2v) is 5.37. The van der Waals surface area contributed by atoms with E-state index in [2.05, 4.69) is 5.32 Å². The van der Waals surface area contributed by atoms with Gasteiger partial charge in [-0.2, -0.15) is 0 Å². The predicted octanol–water partition coefficient (Wildman–Crippen LogP) is -1.31. The number of anilines is 1. The van der Waals surface area contributed by atoms with Gasteiger partial charge in [0.1, 0.15) is 12.6 Å². The third-order valence-electron chi connectivity index (χ3n) is 2.98. The topological polar surface area (TPSA) is 106 Å². The average Bonchev–Trinajstić information content (AvgIpc) is 2.32. The Kier molecular flexibility index (Phi) is 6.33. The highest BCUT2D eigenvalue weighted by Gasteiger charge is 2.19. The molecule has 6 heteroatoms. The Morgan fingerprint density at radius 3 is 2.33 bits per heavy atom. The van der Waals surface area contributed by atoms with Crippen LogP contribution in [0, 0.1) is 13.8 Å². The number of hydrogen-bond donors (Lipinski definition) is 3. The zero-order valence-corrected chi connectivity index (χ0v) is 12.6. The minimum absolute atomic E-state index is 0.204. The molecular formula is C15H22N2O4. The van der Waals surface area contributed by atoms with E-state index in [1.165, 1.54) is 5.32 Å². The molecule has 0 saturated carbocycles. The van der Waals surface area contributed by atoms with Gasteiger partial charge in [-0.15, -0.1) is 0 Å². The molecule has 0 unspecified atom stereocenters. The lowest BCUT2D eigenvalue weighted by molar-refractivity contribution is -0.687. The fraction of sp³-hybridized carbons (Fsp3) is 0.467. The molecule has 1 amide bonds. The Bertz CT molecular complexity index is 494. The fourth-order valence-electron chi connectivity index (χ4n) is 2.08. The molecule has 0 aliphatic carbocycles. The molecule has 0 spiro atoms. The van der Waals surface area contributed by atoms with Crippen LogP contribution in [0.1, 0.15) is 24.5 Å². The number of hydrogen-bond acceptors (Lipinski definition) is 4. The van der Waals surface area contributed by atoms with E-state index in [0.717, 1.165) is 11.1 Å². The molecule has 4 N–H and O–H groups in total. The zero-order chi connectivity index (χ0) is 16.0. The maximum atomic E-state index is 11.9. The highest BCUT2D eigenvalue weighted by molar-refractivity contribution is 5.93. The van der Waals surface area contributed by atoms with Crippen LogP contribution in [0.25, 0.3) is 0 Å². The van der Waals surface area contributed by atoms with E-state index < -0.39 is 24.0 Å². The first-order valence-corrected chi connectivity index (χ1v) is 6.88. The molecule has 0 saturated heterocycles. The maximum Gasteiger partial charge on any atom is 0.230 e. The Morgan fingerprint density at radius 1 is 1.29 bits per heavy atom. The van der Waals surface area contributed by atoms with Gasteiger partial charge in [0, 0.05) is 5.69 Å². The second kappa shape index (κ2) is 7.75. The SMILES string of the molecule is Cc1cc(C)cc(NC(=O)C[C@H]([NH2+]C[C@@H](C)O)C(=O)[O-])c1. The van der Waals surface area contributed by atoms with E-state index in [0.29, 0.717) is 5.69 Å². The molecule has 2 atom stereocenters. The summed E-state index contributed by atoms with van der Waals surface area (Å²) in [5.74, 6) is -1.71. The van der Waals surface area contributed by atoms with Crippen LogP contribution >= 0.6 is 0 Å². The van der Waals surface area contributed by atoms with Crippen molar-refractivity contribution in [3.05, 3.63) is 29.3 Å². The first-order valence-electron chi connectivity index (χ1n) is 6.88. The number of aliphatic carboxylic acids is 1. The van der Waals surface area contributed by atoms with Crippen LogP contribution in [-0.2, 0) is 9.59 Å². The molecule has 0 aromatic heterocycles. The van der Waals surface area contributed by atoms with E-state index in [-0.39, 0.29) is 13.0 Å². The summed E-state index contributed by atoms with van der Waals surface area (Å²) in [4.78, 5) is 22.9. The van der Waals surface area contributed by atoms with Crippen LogP contribution in [0.3, 0.4) is 0 Å². The minimum atomic E-state index is -1.31. The summed E-state index contributed by atoms with van der Waals surface area (Å²) < 4.78 is 0. The van der Waals surface area contributed by atoms with Gasteiger partial charge in [-0.25, -0.2) is 0 Å². The number of benzene rings is 1. The van der Waals surface area contributed by atoms with Crippen molar-refractivity contribution >= 4 is 17.6 Å². The van der Waals surface area contributed by atoms with Gasteiger partial charge < -0.3 is 25.6 Å². The van der Waals surface area contributed by atoms with Crippen LogP contribution in [0.5, 0.6) is 0 Å². The molecule has 1 rings (SSSR count). The lowest BCUT2D eigenvalue weighted by atomic mass is 10.1.